The molecule has 0 saturated carbocycles. The van der Waals surface area contributed by atoms with Gasteiger partial charge in [-0.25, -0.2) is 8.42 Å². The fourth-order valence-electron chi connectivity index (χ4n) is 4.14. The smallest absolute Gasteiger partial charge is 0.253 e. The summed E-state index contributed by atoms with van der Waals surface area (Å²) in [6, 6.07) is 19.1. The predicted octanol–water partition coefficient (Wildman–Crippen LogP) is 3.87. The van der Waals surface area contributed by atoms with Gasteiger partial charge in [-0.2, -0.15) is 0 Å². The predicted molar refractivity (Wildman–Crippen MR) is 155 cm³/mol. The number of carbonyl (C=O) groups is 2. The molecule has 214 valence electrons. The van der Waals surface area contributed by atoms with E-state index < -0.39 is 10.0 Å². The maximum absolute atomic E-state index is 12.9. The van der Waals surface area contributed by atoms with Gasteiger partial charge >= 0.3 is 0 Å². The van der Waals surface area contributed by atoms with Crippen LogP contribution in [0.1, 0.15) is 28.8 Å². The average molecular weight is 570 g/mol. The molecule has 0 spiro atoms. The first-order valence-corrected chi connectivity index (χ1v) is 14.5. The van der Waals surface area contributed by atoms with Crippen LogP contribution in [0.3, 0.4) is 0 Å². The molecule has 0 aliphatic heterocycles. The number of amides is 2. The molecule has 2 N–H and O–H groups in total. The molecule has 0 bridgehead atoms. The maximum Gasteiger partial charge on any atom is 0.253 e. The third kappa shape index (κ3) is 8.12. The summed E-state index contributed by atoms with van der Waals surface area (Å²) in [4.78, 5) is 25.6. The van der Waals surface area contributed by atoms with Crippen molar-refractivity contribution in [3.05, 3.63) is 77.9 Å². The van der Waals surface area contributed by atoms with E-state index in [9.17, 15) is 18.0 Å². The van der Waals surface area contributed by atoms with E-state index in [0.29, 0.717) is 47.2 Å². The van der Waals surface area contributed by atoms with Crippen LogP contribution in [0.2, 0.25) is 0 Å². The molecule has 0 saturated heterocycles. The number of methoxy groups -OCH3 is 3. The summed E-state index contributed by atoms with van der Waals surface area (Å²) >= 11 is 0. The summed E-state index contributed by atoms with van der Waals surface area (Å²) in [5.74, 6) is 1.00. The molecule has 3 rings (SSSR count). The van der Waals surface area contributed by atoms with E-state index in [2.05, 4.69) is 10.6 Å². The minimum Gasteiger partial charge on any atom is -0.495 e. The lowest BCUT2D eigenvalue weighted by molar-refractivity contribution is -0.116. The molecule has 0 heterocycles. The highest BCUT2D eigenvalue weighted by molar-refractivity contribution is 7.92. The molecule has 0 aromatic heterocycles. The third-order valence-electron chi connectivity index (χ3n) is 6.11. The van der Waals surface area contributed by atoms with Gasteiger partial charge in [-0.15, -0.1) is 0 Å². The van der Waals surface area contributed by atoms with Gasteiger partial charge in [0.05, 0.1) is 44.5 Å². The minimum atomic E-state index is -3.61. The lowest BCUT2D eigenvalue weighted by Crippen LogP contribution is -2.32. The monoisotopic (exact) mass is 569 g/mol. The fraction of sp³-hybridized carbons (Fsp3) is 0.310. The van der Waals surface area contributed by atoms with Gasteiger partial charge in [0, 0.05) is 19.5 Å². The van der Waals surface area contributed by atoms with E-state index >= 15 is 0 Å². The fourth-order valence-corrected chi connectivity index (χ4v) is 5.11. The van der Waals surface area contributed by atoms with Gasteiger partial charge in [-0.3, -0.25) is 13.9 Å². The number of hydrogen-bond acceptors (Lipinski definition) is 7. The number of nitrogens with zero attached hydrogens (tertiary/aromatic N) is 1. The van der Waals surface area contributed by atoms with Gasteiger partial charge < -0.3 is 24.8 Å². The Morgan fingerprint density at radius 3 is 2.23 bits per heavy atom. The largest absolute Gasteiger partial charge is 0.495 e. The van der Waals surface area contributed by atoms with Crippen molar-refractivity contribution in [2.75, 3.05) is 50.3 Å². The number of benzene rings is 3. The minimum absolute atomic E-state index is 0.0520. The van der Waals surface area contributed by atoms with Crippen LogP contribution in [0.5, 0.6) is 17.2 Å². The summed E-state index contributed by atoms with van der Waals surface area (Å²) in [5.41, 5.74) is 2.08. The van der Waals surface area contributed by atoms with Gasteiger partial charge in [0.15, 0.2) is 11.5 Å². The Kier molecular flexibility index (Phi) is 10.8. The second-order valence-corrected chi connectivity index (χ2v) is 10.8. The summed E-state index contributed by atoms with van der Waals surface area (Å²) in [6.07, 6.45) is 2.00. The number of anilines is 2. The van der Waals surface area contributed by atoms with Crippen molar-refractivity contribution in [2.24, 2.45) is 0 Å². The van der Waals surface area contributed by atoms with Gasteiger partial charge in [0.1, 0.15) is 5.75 Å². The van der Waals surface area contributed by atoms with Crippen LogP contribution in [0.4, 0.5) is 11.4 Å². The standard InChI is InChI=1S/C29H35N3O7S/c1-37-25-13-8-7-12-24(25)32(40(4,35)36)19-9-14-28(33)31-23-11-6-5-10-22(23)29(34)30-18-17-21-15-16-26(38-2)27(20-21)39-3/h5-8,10-13,15-16,20H,9,14,17-19H2,1-4H3,(H,30,34)(H,31,33). The highest BCUT2D eigenvalue weighted by Crippen LogP contribution is 2.30. The van der Waals surface area contributed by atoms with Crippen molar-refractivity contribution in [2.45, 2.75) is 19.3 Å². The molecule has 0 atom stereocenters. The molecular weight excluding hydrogens is 534 g/mol. The molecule has 40 heavy (non-hydrogen) atoms. The molecular formula is C29H35N3O7S. The van der Waals surface area contributed by atoms with E-state index in [1.807, 2.05) is 18.2 Å². The number of rotatable bonds is 14. The van der Waals surface area contributed by atoms with E-state index in [1.54, 1.807) is 62.8 Å². The van der Waals surface area contributed by atoms with Crippen molar-refractivity contribution < 1.29 is 32.2 Å². The zero-order chi connectivity index (χ0) is 29.1. The van der Waals surface area contributed by atoms with E-state index in [1.165, 1.54) is 11.4 Å². The van der Waals surface area contributed by atoms with E-state index in [-0.39, 0.29) is 31.2 Å². The molecule has 3 aromatic rings. The molecule has 11 heteroatoms. The Hall–Kier alpha value is -4.25. The van der Waals surface area contributed by atoms with Crippen molar-refractivity contribution in [1.29, 1.82) is 0 Å². The van der Waals surface area contributed by atoms with Crippen molar-refractivity contribution in [3.8, 4) is 17.2 Å². The molecule has 0 aliphatic carbocycles. The van der Waals surface area contributed by atoms with Gasteiger partial charge in [0.25, 0.3) is 5.91 Å². The first-order valence-electron chi connectivity index (χ1n) is 12.7. The highest BCUT2D eigenvalue weighted by atomic mass is 32.2. The van der Waals surface area contributed by atoms with Crippen LogP contribution in [0.25, 0.3) is 0 Å². The third-order valence-corrected chi connectivity index (χ3v) is 7.29. The first-order chi connectivity index (χ1) is 19.2. The summed E-state index contributed by atoms with van der Waals surface area (Å²) in [6.45, 7) is 0.464. The Morgan fingerprint density at radius 1 is 0.850 bits per heavy atom. The zero-order valence-corrected chi connectivity index (χ0v) is 23.9. The summed E-state index contributed by atoms with van der Waals surface area (Å²) < 4.78 is 42.0. The Bertz CT molecular complexity index is 1430. The SMILES string of the molecule is COc1ccc(CCNC(=O)c2ccccc2NC(=O)CCCN(c2ccccc2OC)S(C)(=O)=O)cc1OC. The van der Waals surface area contributed by atoms with Crippen LogP contribution in [-0.2, 0) is 21.2 Å². The van der Waals surface area contributed by atoms with Crippen molar-refractivity contribution >= 4 is 33.2 Å². The summed E-state index contributed by atoms with van der Waals surface area (Å²) in [7, 11) is 0.998. The molecule has 0 radical (unpaired) electrons. The summed E-state index contributed by atoms with van der Waals surface area (Å²) in [5, 5.41) is 5.66. The number of para-hydroxylation sites is 3. The lowest BCUT2D eigenvalue weighted by atomic mass is 10.1. The molecule has 3 aromatic carbocycles. The molecule has 10 nitrogen and oxygen atoms in total. The zero-order valence-electron chi connectivity index (χ0n) is 23.1. The number of carbonyl (C=O) groups excluding carboxylic acids is 2. The second kappa shape index (κ2) is 14.2. The molecule has 0 unspecified atom stereocenters. The number of ether oxygens (including phenoxy) is 3. The average Bonchev–Trinajstić information content (AvgIpc) is 2.94. The van der Waals surface area contributed by atoms with Crippen LogP contribution >= 0.6 is 0 Å². The maximum atomic E-state index is 12.9. The van der Waals surface area contributed by atoms with Gasteiger partial charge in [-0.05, 0) is 54.8 Å². The van der Waals surface area contributed by atoms with Crippen LogP contribution in [0.15, 0.2) is 66.7 Å². The second-order valence-electron chi connectivity index (χ2n) is 8.90. The number of nitrogens with one attached hydrogen (secondary N) is 2. The van der Waals surface area contributed by atoms with Crippen molar-refractivity contribution in [1.82, 2.24) is 5.32 Å². The highest BCUT2D eigenvalue weighted by Gasteiger charge is 2.21. The Balaban J connectivity index is 1.57. The van der Waals surface area contributed by atoms with E-state index in [4.69, 9.17) is 14.2 Å². The van der Waals surface area contributed by atoms with E-state index in [0.717, 1.165) is 11.8 Å². The van der Waals surface area contributed by atoms with Gasteiger partial charge in [0.2, 0.25) is 15.9 Å². The quantitative estimate of drug-likeness (QED) is 0.302. The molecule has 2 amide bonds. The number of sulfonamides is 1. The van der Waals surface area contributed by atoms with Crippen molar-refractivity contribution in [3.63, 3.8) is 0 Å². The Labute approximate surface area is 235 Å². The molecule has 0 aliphatic rings. The first kappa shape index (κ1) is 30.3. The van der Waals surface area contributed by atoms with Crippen LogP contribution in [-0.4, -0.2) is 60.9 Å². The topological polar surface area (TPSA) is 123 Å². The van der Waals surface area contributed by atoms with Crippen LogP contribution in [0, 0.1) is 0 Å². The van der Waals surface area contributed by atoms with Gasteiger partial charge in [-0.1, -0.05) is 30.3 Å². The lowest BCUT2D eigenvalue weighted by Gasteiger charge is -2.24. The van der Waals surface area contributed by atoms with Crippen LogP contribution < -0.4 is 29.1 Å². The normalized spacial score (nSPS) is 10.9. The number of hydrogen-bond donors (Lipinski definition) is 2. The Morgan fingerprint density at radius 2 is 1.52 bits per heavy atom. The molecule has 0 fully saturated rings.